The molecule has 2 atom stereocenters. The molecule has 2 aliphatic rings. The van der Waals surface area contributed by atoms with E-state index in [4.69, 9.17) is 15.2 Å². The van der Waals surface area contributed by atoms with Gasteiger partial charge in [-0.3, -0.25) is 4.79 Å². The molecule has 0 unspecified atom stereocenters. The van der Waals surface area contributed by atoms with Crippen LogP contribution in [0, 0.1) is 17.1 Å². The molecule has 0 bridgehead atoms. The smallest absolute Gasteiger partial charge is 0.205 e. The van der Waals surface area contributed by atoms with Crippen LogP contribution in [0.2, 0.25) is 0 Å². The fraction of sp³-hybridized carbons (Fsp3) is 0.217. The van der Waals surface area contributed by atoms with Crippen LogP contribution in [0.3, 0.4) is 0 Å². The first-order chi connectivity index (χ1) is 14.0. The molecular formula is C23H19FN2O3. The molecule has 2 aromatic rings. The van der Waals surface area contributed by atoms with Gasteiger partial charge in [0.25, 0.3) is 0 Å². The Hall–Kier alpha value is -3.59. The average Bonchev–Trinajstić information content (AvgIpc) is 2.73. The van der Waals surface area contributed by atoms with Gasteiger partial charge in [0, 0.05) is 24.0 Å². The summed E-state index contributed by atoms with van der Waals surface area (Å²) in [6, 6.07) is 15.6. The van der Waals surface area contributed by atoms with Crippen LogP contribution in [0.1, 0.15) is 35.8 Å². The van der Waals surface area contributed by atoms with Crippen molar-refractivity contribution in [3.8, 4) is 11.8 Å². The van der Waals surface area contributed by atoms with Crippen molar-refractivity contribution in [2.75, 3.05) is 7.11 Å². The third-order valence-corrected chi connectivity index (χ3v) is 5.46. The predicted molar refractivity (Wildman–Crippen MR) is 104 cm³/mol. The van der Waals surface area contributed by atoms with E-state index >= 15 is 0 Å². The second-order valence-corrected chi connectivity index (χ2v) is 7.08. The Morgan fingerprint density at radius 1 is 1.17 bits per heavy atom. The molecule has 0 saturated heterocycles. The first-order valence-electron chi connectivity index (χ1n) is 9.25. The summed E-state index contributed by atoms with van der Waals surface area (Å²) in [5.74, 6) is -0.541. The van der Waals surface area contributed by atoms with Crippen LogP contribution in [0.5, 0.6) is 5.75 Å². The molecule has 2 N–H and O–H groups in total. The van der Waals surface area contributed by atoms with Crippen LogP contribution < -0.4 is 10.5 Å². The van der Waals surface area contributed by atoms with Gasteiger partial charge in [-0.2, -0.15) is 5.26 Å². The number of methoxy groups -OCH3 is 1. The van der Waals surface area contributed by atoms with Gasteiger partial charge in [-0.05, 0) is 29.7 Å². The molecule has 0 fully saturated rings. The third-order valence-electron chi connectivity index (χ3n) is 5.46. The van der Waals surface area contributed by atoms with Crippen molar-refractivity contribution >= 4 is 5.78 Å². The van der Waals surface area contributed by atoms with Crippen molar-refractivity contribution in [3.05, 3.63) is 88.3 Å². The molecule has 0 aromatic heterocycles. The van der Waals surface area contributed by atoms with E-state index in [0.29, 0.717) is 17.8 Å². The van der Waals surface area contributed by atoms with Crippen LogP contribution in [0.25, 0.3) is 0 Å². The van der Waals surface area contributed by atoms with Gasteiger partial charge in [0.05, 0.1) is 13.0 Å². The maximum absolute atomic E-state index is 14.6. The summed E-state index contributed by atoms with van der Waals surface area (Å²) in [4.78, 5) is 13.1. The number of ether oxygens (including phenoxy) is 2. The van der Waals surface area contributed by atoms with E-state index < -0.39 is 11.7 Å². The average molecular weight is 390 g/mol. The number of allylic oxidation sites excluding steroid dienone is 3. The van der Waals surface area contributed by atoms with Crippen LogP contribution in [0.15, 0.2) is 71.3 Å². The number of benzene rings is 2. The van der Waals surface area contributed by atoms with E-state index in [2.05, 4.69) is 0 Å². The zero-order valence-corrected chi connectivity index (χ0v) is 15.8. The molecule has 0 amide bonds. The Kier molecular flexibility index (Phi) is 4.81. The van der Waals surface area contributed by atoms with E-state index in [0.717, 1.165) is 11.3 Å². The van der Waals surface area contributed by atoms with Gasteiger partial charge in [0.2, 0.25) is 5.88 Å². The minimum absolute atomic E-state index is 0.0603. The lowest BCUT2D eigenvalue weighted by atomic mass is 9.73. The summed E-state index contributed by atoms with van der Waals surface area (Å²) < 4.78 is 25.4. The summed E-state index contributed by atoms with van der Waals surface area (Å²) in [5.41, 5.74) is 7.60. The monoisotopic (exact) mass is 390 g/mol. The lowest BCUT2D eigenvalue weighted by Gasteiger charge is -2.34. The lowest BCUT2D eigenvalue weighted by molar-refractivity contribution is -0.117. The van der Waals surface area contributed by atoms with E-state index in [9.17, 15) is 14.4 Å². The molecule has 0 spiro atoms. The minimum Gasteiger partial charge on any atom is -0.497 e. The number of carbonyl (C=O) groups is 1. The lowest BCUT2D eigenvalue weighted by Crippen LogP contribution is -2.30. The Balaban J connectivity index is 1.76. The summed E-state index contributed by atoms with van der Waals surface area (Å²) in [6.07, 6.45) is 0.690. The number of nitrogens with two attached hydrogens (primary N) is 1. The standard InChI is InChI=1S/C23H19FN2O3/c1-28-15-8-6-13(7-9-15)14-10-19(27)22-20(11-14)29-23(26)17(12-25)21(22)16-4-2-3-5-18(16)24/h2-9,14,21H,10-11,26H2,1H3/t14-,21-/m0/s1. The van der Waals surface area contributed by atoms with Crippen molar-refractivity contribution in [1.82, 2.24) is 0 Å². The maximum Gasteiger partial charge on any atom is 0.205 e. The van der Waals surface area contributed by atoms with Crippen molar-refractivity contribution in [1.29, 1.82) is 5.26 Å². The second kappa shape index (κ2) is 7.44. The van der Waals surface area contributed by atoms with Crippen LogP contribution in [-0.4, -0.2) is 12.9 Å². The molecule has 146 valence electrons. The van der Waals surface area contributed by atoms with Gasteiger partial charge in [-0.1, -0.05) is 30.3 Å². The van der Waals surface area contributed by atoms with E-state index in [-0.39, 0.29) is 35.1 Å². The quantitative estimate of drug-likeness (QED) is 0.855. The summed E-state index contributed by atoms with van der Waals surface area (Å²) in [6.45, 7) is 0. The van der Waals surface area contributed by atoms with Crippen molar-refractivity contribution < 1.29 is 18.7 Å². The summed E-state index contributed by atoms with van der Waals surface area (Å²) in [7, 11) is 1.59. The Labute approximate surface area is 167 Å². The molecule has 4 rings (SSSR count). The molecule has 29 heavy (non-hydrogen) atoms. The number of Topliss-reactive ketones (excluding diaryl/α,β-unsaturated/α-hetero) is 1. The Morgan fingerprint density at radius 2 is 1.90 bits per heavy atom. The zero-order chi connectivity index (χ0) is 20.5. The molecule has 1 heterocycles. The molecule has 0 saturated carbocycles. The van der Waals surface area contributed by atoms with Gasteiger partial charge in [-0.25, -0.2) is 4.39 Å². The second-order valence-electron chi connectivity index (χ2n) is 7.08. The number of nitrogens with zero attached hydrogens (tertiary/aromatic N) is 1. The number of halogens is 1. The van der Waals surface area contributed by atoms with Gasteiger partial charge < -0.3 is 15.2 Å². The molecule has 0 radical (unpaired) electrons. The van der Waals surface area contributed by atoms with Gasteiger partial charge in [0.15, 0.2) is 5.78 Å². The van der Waals surface area contributed by atoms with Gasteiger partial charge >= 0.3 is 0 Å². The van der Waals surface area contributed by atoms with E-state index in [1.165, 1.54) is 6.07 Å². The van der Waals surface area contributed by atoms with Crippen LogP contribution >= 0.6 is 0 Å². The minimum atomic E-state index is -0.853. The number of hydrogen-bond donors (Lipinski definition) is 1. The van der Waals surface area contributed by atoms with Gasteiger partial charge in [0.1, 0.15) is 29.0 Å². The largest absolute Gasteiger partial charge is 0.497 e. The number of rotatable bonds is 3. The summed E-state index contributed by atoms with van der Waals surface area (Å²) >= 11 is 0. The normalized spacial score (nSPS) is 21.3. The van der Waals surface area contributed by atoms with Crippen molar-refractivity contribution in [3.63, 3.8) is 0 Å². The molecule has 6 heteroatoms. The molecular weight excluding hydrogens is 371 g/mol. The van der Waals surface area contributed by atoms with Crippen molar-refractivity contribution in [2.45, 2.75) is 24.7 Å². The number of hydrogen-bond acceptors (Lipinski definition) is 5. The molecule has 1 aliphatic heterocycles. The fourth-order valence-corrected chi connectivity index (χ4v) is 4.04. The third kappa shape index (κ3) is 3.25. The van der Waals surface area contributed by atoms with Crippen LogP contribution in [-0.2, 0) is 9.53 Å². The van der Waals surface area contributed by atoms with Crippen molar-refractivity contribution in [2.24, 2.45) is 5.73 Å². The maximum atomic E-state index is 14.6. The van der Waals surface area contributed by atoms with E-state index in [1.807, 2.05) is 30.3 Å². The summed E-state index contributed by atoms with van der Waals surface area (Å²) in [5, 5.41) is 9.60. The Bertz CT molecular complexity index is 1080. The highest BCUT2D eigenvalue weighted by molar-refractivity contribution is 6.00. The number of ketones is 1. The molecule has 2 aromatic carbocycles. The predicted octanol–water partition coefficient (Wildman–Crippen LogP) is 4.04. The highest BCUT2D eigenvalue weighted by Gasteiger charge is 2.41. The molecule has 1 aliphatic carbocycles. The first-order valence-corrected chi connectivity index (χ1v) is 9.25. The number of carbonyl (C=O) groups excluding carboxylic acids is 1. The topological polar surface area (TPSA) is 85.3 Å². The first kappa shape index (κ1) is 18.8. The van der Waals surface area contributed by atoms with E-state index in [1.54, 1.807) is 25.3 Å². The fourth-order valence-electron chi connectivity index (χ4n) is 4.04. The SMILES string of the molecule is COc1ccc([C@H]2CC(=O)C3=C(C2)OC(N)=C(C#N)[C@@H]3c2ccccc2F)cc1. The zero-order valence-electron chi connectivity index (χ0n) is 15.8. The number of nitriles is 1. The van der Waals surface area contributed by atoms with Gasteiger partial charge in [-0.15, -0.1) is 0 Å². The molecule has 5 nitrogen and oxygen atoms in total. The Morgan fingerprint density at radius 3 is 2.55 bits per heavy atom. The van der Waals surface area contributed by atoms with Crippen LogP contribution in [0.4, 0.5) is 4.39 Å². The highest BCUT2D eigenvalue weighted by Crippen LogP contribution is 2.47. The highest BCUT2D eigenvalue weighted by atomic mass is 19.1.